The zero-order chi connectivity index (χ0) is 20.1. The quantitative estimate of drug-likeness (QED) is 0.614. The molecule has 3 rings (SSSR count). The number of carbonyl (C=O) groups excluding carboxylic acids is 1. The average molecular weight is 379 g/mol. The number of aliphatic hydroxyl groups is 1. The second-order valence-corrected chi connectivity index (χ2v) is 7.50. The van der Waals surface area contributed by atoms with Crippen LogP contribution in [0.3, 0.4) is 0 Å². The number of anilines is 1. The van der Waals surface area contributed by atoms with Gasteiger partial charge in [-0.2, -0.15) is 0 Å². The van der Waals surface area contributed by atoms with E-state index in [1.807, 2.05) is 19.0 Å². The van der Waals surface area contributed by atoms with Gasteiger partial charge >= 0.3 is 0 Å². The normalized spacial score (nSPS) is 21.6. The highest BCUT2D eigenvalue weighted by molar-refractivity contribution is 5.96. The molecule has 1 aromatic heterocycles. The SMILES string of the molecule is CC(C)Cc1nc2c(c(N3C[C@H](O)[C@@H](N(C)C)C3)n1)CCNC2=O.O=CO. The number of aliphatic hydroxyl groups excluding tert-OH is 1. The number of hydrogen-bond donors (Lipinski definition) is 3. The summed E-state index contributed by atoms with van der Waals surface area (Å²) in [6, 6.07) is 0.0709. The topological polar surface area (TPSA) is 119 Å². The highest BCUT2D eigenvalue weighted by atomic mass is 16.3. The molecule has 9 nitrogen and oxygen atoms in total. The van der Waals surface area contributed by atoms with E-state index < -0.39 is 6.10 Å². The van der Waals surface area contributed by atoms with Crippen molar-refractivity contribution in [2.24, 2.45) is 5.92 Å². The lowest BCUT2D eigenvalue weighted by Gasteiger charge is -2.26. The molecule has 2 atom stereocenters. The van der Waals surface area contributed by atoms with Crippen LogP contribution in [-0.2, 0) is 17.6 Å². The number of fused-ring (bicyclic) bond motifs is 1. The number of aromatic nitrogens is 2. The Kier molecular flexibility index (Phi) is 7.09. The van der Waals surface area contributed by atoms with Gasteiger partial charge in [0.25, 0.3) is 12.4 Å². The lowest BCUT2D eigenvalue weighted by atomic mass is 10.0. The Hall–Kier alpha value is -2.26. The van der Waals surface area contributed by atoms with Crippen molar-refractivity contribution in [2.75, 3.05) is 38.6 Å². The molecule has 2 aliphatic heterocycles. The van der Waals surface area contributed by atoms with Gasteiger partial charge in [0.15, 0.2) is 0 Å². The second-order valence-electron chi connectivity index (χ2n) is 7.50. The second kappa shape index (κ2) is 9.09. The van der Waals surface area contributed by atoms with Crippen LogP contribution < -0.4 is 10.2 Å². The van der Waals surface area contributed by atoms with Gasteiger partial charge in [0.1, 0.15) is 17.3 Å². The molecule has 0 unspecified atom stereocenters. The third-order valence-electron chi connectivity index (χ3n) is 4.72. The zero-order valence-electron chi connectivity index (χ0n) is 16.3. The number of nitrogens with zero attached hydrogens (tertiary/aromatic N) is 4. The van der Waals surface area contributed by atoms with E-state index in [-0.39, 0.29) is 18.4 Å². The fourth-order valence-electron chi connectivity index (χ4n) is 3.49. The molecule has 1 aromatic rings. The van der Waals surface area contributed by atoms with Gasteiger partial charge in [-0.1, -0.05) is 13.8 Å². The van der Waals surface area contributed by atoms with Crippen molar-refractivity contribution in [1.29, 1.82) is 0 Å². The van der Waals surface area contributed by atoms with Crippen molar-refractivity contribution < 1.29 is 19.8 Å². The molecular weight excluding hydrogens is 350 g/mol. The molecule has 0 aromatic carbocycles. The first-order valence-electron chi connectivity index (χ1n) is 9.13. The molecule has 3 heterocycles. The number of nitrogens with one attached hydrogen (secondary N) is 1. The fourth-order valence-corrected chi connectivity index (χ4v) is 3.49. The molecule has 1 fully saturated rings. The molecule has 9 heteroatoms. The maximum absolute atomic E-state index is 12.2. The number of β-amino-alcohol motifs (C(OH)–C–C–N with tert-alkyl or cyclic N) is 1. The first kappa shape index (κ1) is 21.0. The van der Waals surface area contributed by atoms with E-state index in [2.05, 4.69) is 29.0 Å². The number of carbonyl (C=O) groups is 2. The molecule has 0 radical (unpaired) electrons. The summed E-state index contributed by atoms with van der Waals surface area (Å²) in [5.74, 6) is 1.84. The summed E-state index contributed by atoms with van der Waals surface area (Å²) in [7, 11) is 3.95. The van der Waals surface area contributed by atoms with Crippen LogP contribution in [0.5, 0.6) is 0 Å². The minimum Gasteiger partial charge on any atom is -0.483 e. The monoisotopic (exact) mass is 379 g/mol. The molecule has 1 amide bonds. The molecule has 2 aliphatic rings. The molecule has 0 spiro atoms. The van der Waals surface area contributed by atoms with Crippen LogP contribution in [-0.4, -0.2) is 83.3 Å². The molecule has 27 heavy (non-hydrogen) atoms. The summed E-state index contributed by atoms with van der Waals surface area (Å²) in [6.07, 6.45) is 1.05. The Morgan fingerprint density at radius 2 is 2.00 bits per heavy atom. The maximum Gasteiger partial charge on any atom is 0.290 e. The highest BCUT2D eigenvalue weighted by Gasteiger charge is 2.36. The first-order chi connectivity index (χ1) is 12.8. The summed E-state index contributed by atoms with van der Waals surface area (Å²) >= 11 is 0. The fraction of sp³-hybridized carbons (Fsp3) is 0.667. The van der Waals surface area contributed by atoms with Crippen LogP contribution in [0.1, 0.15) is 35.7 Å². The molecule has 0 aliphatic carbocycles. The number of rotatable bonds is 4. The number of hydrogen-bond acceptors (Lipinski definition) is 7. The van der Waals surface area contributed by atoms with Crippen LogP contribution in [0, 0.1) is 5.92 Å². The van der Waals surface area contributed by atoms with Gasteiger partial charge in [-0.05, 0) is 26.4 Å². The van der Waals surface area contributed by atoms with E-state index in [1.54, 1.807) is 0 Å². The van der Waals surface area contributed by atoms with Gasteiger partial charge in [-0.3, -0.25) is 9.59 Å². The number of carboxylic acid groups (broad SMARTS) is 1. The smallest absolute Gasteiger partial charge is 0.290 e. The van der Waals surface area contributed by atoms with Crippen LogP contribution in [0.25, 0.3) is 0 Å². The van der Waals surface area contributed by atoms with E-state index >= 15 is 0 Å². The Morgan fingerprint density at radius 3 is 2.56 bits per heavy atom. The molecule has 0 saturated carbocycles. The van der Waals surface area contributed by atoms with E-state index in [9.17, 15) is 9.90 Å². The summed E-state index contributed by atoms with van der Waals surface area (Å²) in [5, 5.41) is 20.1. The summed E-state index contributed by atoms with van der Waals surface area (Å²) in [5.41, 5.74) is 1.42. The summed E-state index contributed by atoms with van der Waals surface area (Å²) in [4.78, 5) is 34.1. The predicted molar refractivity (Wildman–Crippen MR) is 101 cm³/mol. The molecular formula is C18H29N5O4. The van der Waals surface area contributed by atoms with E-state index in [0.29, 0.717) is 37.1 Å². The lowest BCUT2D eigenvalue weighted by Crippen LogP contribution is -2.38. The van der Waals surface area contributed by atoms with Crippen LogP contribution >= 0.6 is 0 Å². The van der Waals surface area contributed by atoms with Crippen LogP contribution in [0.15, 0.2) is 0 Å². The van der Waals surface area contributed by atoms with Gasteiger partial charge in [0, 0.05) is 31.6 Å². The Labute approximate surface area is 159 Å². The Balaban J connectivity index is 0.000000817. The molecule has 3 N–H and O–H groups in total. The van der Waals surface area contributed by atoms with Gasteiger partial charge < -0.3 is 25.3 Å². The van der Waals surface area contributed by atoms with Crippen molar-refractivity contribution in [3.05, 3.63) is 17.1 Å². The van der Waals surface area contributed by atoms with Crippen molar-refractivity contribution >= 4 is 18.2 Å². The molecule has 1 saturated heterocycles. The van der Waals surface area contributed by atoms with E-state index in [4.69, 9.17) is 14.9 Å². The Bertz CT molecular complexity index is 680. The van der Waals surface area contributed by atoms with Crippen molar-refractivity contribution in [2.45, 2.75) is 38.8 Å². The van der Waals surface area contributed by atoms with Gasteiger partial charge in [0.2, 0.25) is 0 Å². The third kappa shape index (κ3) is 4.92. The van der Waals surface area contributed by atoms with E-state index in [1.165, 1.54) is 0 Å². The van der Waals surface area contributed by atoms with Gasteiger partial charge in [-0.15, -0.1) is 0 Å². The predicted octanol–water partition coefficient (Wildman–Crippen LogP) is -0.227. The third-order valence-corrected chi connectivity index (χ3v) is 4.72. The first-order valence-corrected chi connectivity index (χ1v) is 9.13. The largest absolute Gasteiger partial charge is 0.483 e. The lowest BCUT2D eigenvalue weighted by molar-refractivity contribution is -0.122. The number of amides is 1. The van der Waals surface area contributed by atoms with Gasteiger partial charge in [-0.25, -0.2) is 9.97 Å². The maximum atomic E-state index is 12.2. The summed E-state index contributed by atoms with van der Waals surface area (Å²) in [6.45, 7) is 5.84. The van der Waals surface area contributed by atoms with Crippen LogP contribution in [0.2, 0.25) is 0 Å². The van der Waals surface area contributed by atoms with E-state index in [0.717, 1.165) is 24.2 Å². The number of likely N-dealkylation sites (N-methyl/N-ethyl adjacent to an activating group) is 1. The van der Waals surface area contributed by atoms with Gasteiger partial charge in [0.05, 0.1) is 12.1 Å². The highest BCUT2D eigenvalue weighted by Crippen LogP contribution is 2.28. The van der Waals surface area contributed by atoms with Crippen molar-refractivity contribution in [3.63, 3.8) is 0 Å². The standard InChI is InChI=1S/C17H27N5O2.CH2O2/c1-10(2)7-14-19-15-11(5-6-18-17(15)24)16(20-14)22-8-12(21(3)4)13(23)9-22;2-1-3/h10,12-13,23H,5-9H2,1-4H3,(H,18,24);1H,(H,2,3)/t12-,13-;/m0./s1. The van der Waals surface area contributed by atoms with Crippen molar-refractivity contribution in [3.8, 4) is 0 Å². The Morgan fingerprint density at radius 1 is 1.33 bits per heavy atom. The van der Waals surface area contributed by atoms with Crippen LogP contribution in [0.4, 0.5) is 5.82 Å². The van der Waals surface area contributed by atoms with Crippen molar-refractivity contribution in [1.82, 2.24) is 20.2 Å². The minimum absolute atomic E-state index is 0.0709. The molecule has 150 valence electrons. The molecule has 0 bridgehead atoms. The average Bonchev–Trinajstić information content (AvgIpc) is 2.97. The summed E-state index contributed by atoms with van der Waals surface area (Å²) < 4.78 is 0. The zero-order valence-corrected chi connectivity index (χ0v) is 16.3. The minimum atomic E-state index is -0.420.